The van der Waals surface area contributed by atoms with Crippen LogP contribution in [0.15, 0.2) is 36.4 Å². The quantitative estimate of drug-likeness (QED) is 0.658. The number of hydrogen-bond acceptors (Lipinski definition) is 2. The Morgan fingerprint density at radius 1 is 1.12 bits per heavy atom. The average molecular weight is 330 g/mol. The van der Waals surface area contributed by atoms with E-state index in [9.17, 15) is 8.78 Å². The van der Waals surface area contributed by atoms with E-state index in [4.69, 9.17) is 10.5 Å². The Morgan fingerprint density at radius 2 is 1.92 bits per heavy atom. The minimum atomic E-state index is -0.591. The summed E-state index contributed by atoms with van der Waals surface area (Å²) >= 11 is 0. The van der Waals surface area contributed by atoms with Crippen LogP contribution in [0.25, 0.3) is 22.2 Å². The first-order valence-electron chi connectivity index (χ1n) is 7.98. The van der Waals surface area contributed by atoms with E-state index < -0.39 is 11.6 Å². The zero-order valence-corrected chi connectivity index (χ0v) is 13.5. The van der Waals surface area contributed by atoms with E-state index in [1.54, 1.807) is 7.11 Å². The zero-order chi connectivity index (χ0) is 17.1. The van der Waals surface area contributed by atoms with Crippen molar-refractivity contribution in [1.29, 1.82) is 0 Å². The molecule has 3 rings (SSSR count). The van der Waals surface area contributed by atoms with E-state index >= 15 is 0 Å². The van der Waals surface area contributed by atoms with Gasteiger partial charge in [0.15, 0.2) is 0 Å². The third-order valence-electron chi connectivity index (χ3n) is 4.19. The molecule has 0 radical (unpaired) electrons. The van der Waals surface area contributed by atoms with E-state index in [2.05, 4.69) is 4.98 Å². The van der Waals surface area contributed by atoms with E-state index in [0.29, 0.717) is 29.6 Å². The van der Waals surface area contributed by atoms with E-state index in [1.807, 2.05) is 24.3 Å². The summed E-state index contributed by atoms with van der Waals surface area (Å²) in [7, 11) is 1.59. The topological polar surface area (TPSA) is 51.0 Å². The lowest BCUT2D eigenvalue weighted by Crippen LogP contribution is -1.99. The molecular formula is C19H20F2N2O. The van der Waals surface area contributed by atoms with Gasteiger partial charge in [0.25, 0.3) is 0 Å². The molecule has 0 bridgehead atoms. The summed E-state index contributed by atoms with van der Waals surface area (Å²) in [6, 6.07) is 9.80. The van der Waals surface area contributed by atoms with Crippen LogP contribution in [-0.2, 0) is 6.42 Å². The molecule has 126 valence electrons. The Balaban J connectivity index is 2.22. The highest BCUT2D eigenvalue weighted by molar-refractivity contribution is 5.92. The van der Waals surface area contributed by atoms with Gasteiger partial charge in [0.1, 0.15) is 17.4 Å². The SMILES string of the molecule is COc1ccccc1-c1[nH]c2c(F)cc(F)cc2c1CCCCN. The second kappa shape index (κ2) is 7.01. The highest BCUT2D eigenvalue weighted by Crippen LogP contribution is 2.37. The summed E-state index contributed by atoms with van der Waals surface area (Å²) in [6.45, 7) is 0.592. The molecule has 1 heterocycles. The number of nitrogens with one attached hydrogen (secondary N) is 1. The number of rotatable bonds is 6. The number of benzene rings is 2. The summed E-state index contributed by atoms with van der Waals surface area (Å²) in [4.78, 5) is 3.12. The first-order valence-corrected chi connectivity index (χ1v) is 7.98. The lowest BCUT2D eigenvalue weighted by molar-refractivity contribution is 0.416. The largest absolute Gasteiger partial charge is 0.496 e. The molecule has 0 aliphatic heterocycles. The van der Waals surface area contributed by atoms with Crippen molar-refractivity contribution in [2.24, 2.45) is 5.73 Å². The zero-order valence-electron chi connectivity index (χ0n) is 13.5. The fourth-order valence-electron chi connectivity index (χ4n) is 3.06. The summed E-state index contributed by atoms with van der Waals surface area (Å²) in [5.74, 6) is -0.484. The number of unbranched alkanes of at least 4 members (excludes halogenated alkanes) is 1. The van der Waals surface area contributed by atoms with Crippen LogP contribution in [0.4, 0.5) is 8.78 Å². The van der Waals surface area contributed by atoms with Gasteiger partial charge in [0.2, 0.25) is 0 Å². The summed E-state index contributed by atoms with van der Waals surface area (Å²) in [5.41, 5.74) is 8.39. The smallest absolute Gasteiger partial charge is 0.150 e. The first-order chi connectivity index (χ1) is 11.7. The van der Waals surface area contributed by atoms with Crippen LogP contribution in [0.1, 0.15) is 18.4 Å². The van der Waals surface area contributed by atoms with Crippen LogP contribution < -0.4 is 10.5 Å². The van der Waals surface area contributed by atoms with Crippen LogP contribution in [0.3, 0.4) is 0 Å². The fourth-order valence-corrected chi connectivity index (χ4v) is 3.06. The van der Waals surface area contributed by atoms with Crippen molar-refractivity contribution in [1.82, 2.24) is 4.98 Å². The highest BCUT2D eigenvalue weighted by atomic mass is 19.1. The predicted octanol–water partition coefficient (Wildman–Crippen LogP) is 4.40. The molecule has 24 heavy (non-hydrogen) atoms. The van der Waals surface area contributed by atoms with E-state index in [0.717, 1.165) is 35.7 Å². The van der Waals surface area contributed by atoms with Gasteiger partial charge < -0.3 is 15.5 Å². The number of para-hydroxylation sites is 1. The van der Waals surface area contributed by atoms with Gasteiger partial charge in [-0.05, 0) is 49.6 Å². The third-order valence-corrected chi connectivity index (χ3v) is 4.19. The second-order valence-electron chi connectivity index (χ2n) is 5.73. The van der Waals surface area contributed by atoms with E-state index in [-0.39, 0.29) is 0 Å². The van der Waals surface area contributed by atoms with E-state index in [1.165, 1.54) is 6.07 Å². The Labute approximate surface area is 139 Å². The summed E-state index contributed by atoms with van der Waals surface area (Å²) in [6.07, 6.45) is 2.40. The fraction of sp³-hybridized carbons (Fsp3) is 0.263. The molecule has 3 nitrogen and oxygen atoms in total. The molecular weight excluding hydrogens is 310 g/mol. The van der Waals surface area contributed by atoms with Gasteiger partial charge in [-0.3, -0.25) is 0 Å². The van der Waals surface area contributed by atoms with Crippen molar-refractivity contribution < 1.29 is 13.5 Å². The molecule has 2 aromatic carbocycles. The van der Waals surface area contributed by atoms with Crippen LogP contribution in [0.5, 0.6) is 5.75 Å². The molecule has 0 saturated heterocycles. The lowest BCUT2D eigenvalue weighted by atomic mass is 9.99. The summed E-state index contributed by atoms with van der Waals surface area (Å²) < 4.78 is 33.4. The molecule has 3 N–H and O–H groups in total. The maximum atomic E-state index is 14.2. The van der Waals surface area contributed by atoms with Gasteiger partial charge in [0.05, 0.1) is 18.3 Å². The molecule has 0 fully saturated rings. The Kier molecular flexibility index (Phi) is 4.81. The number of methoxy groups -OCH3 is 1. The Morgan fingerprint density at radius 3 is 2.67 bits per heavy atom. The second-order valence-corrected chi connectivity index (χ2v) is 5.73. The number of aryl methyl sites for hydroxylation is 1. The lowest BCUT2D eigenvalue weighted by Gasteiger charge is -2.09. The molecule has 1 aromatic heterocycles. The van der Waals surface area contributed by atoms with Crippen LogP contribution >= 0.6 is 0 Å². The van der Waals surface area contributed by atoms with Crippen LogP contribution in [0, 0.1) is 11.6 Å². The van der Waals surface area contributed by atoms with Gasteiger partial charge in [-0.15, -0.1) is 0 Å². The van der Waals surface area contributed by atoms with Gasteiger partial charge in [-0.25, -0.2) is 8.78 Å². The Hall–Kier alpha value is -2.40. The van der Waals surface area contributed by atoms with Crippen molar-refractivity contribution in [2.45, 2.75) is 19.3 Å². The first kappa shape index (κ1) is 16.5. The minimum Gasteiger partial charge on any atom is -0.496 e. The molecule has 5 heteroatoms. The van der Waals surface area contributed by atoms with Gasteiger partial charge >= 0.3 is 0 Å². The molecule has 0 saturated carbocycles. The number of aromatic amines is 1. The number of fused-ring (bicyclic) bond motifs is 1. The van der Waals surface area contributed by atoms with Gasteiger partial charge in [-0.2, -0.15) is 0 Å². The molecule has 0 atom stereocenters. The number of H-pyrrole nitrogens is 1. The molecule has 0 spiro atoms. The van der Waals surface area contributed by atoms with Crippen molar-refractivity contribution in [3.63, 3.8) is 0 Å². The molecule has 3 aromatic rings. The molecule has 0 aliphatic rings. The highest BCUT2D eigenvalue weighted by Gasteiger charge is 2.18. The monoisotopic (exact) mass is 330 g/mol. The number of halogens is 2. The van der Waals surface area contributed by atoms with Crippen molar-refractivity contribution in [3.8, 4) is 17.0 Å². The van der Waals surface area contributed by atoms with Gasteiger partial charge in [0, 0.05) is 17.0 Å². The van der Waals surface area contributed by atoms with Crippen molar-refractivity contribution in [2.75, 3.05) is 13.7 Å². The number of nitrogens with two attached hydrogens (primary N) is 1. The standard InChI is InChI=1S/C19H20F2N2O/c1-24-17-8-3-2-7-14(17)18-13(6-4-5-9-22)15-10-12(20)11-16(21)19(15)23-18/h2-3,7-8,10-11,23H,4-6,9,22H2,1H3. The molecule has 0 unspecified atom stereocenters. The maximum absolute atomic E-state index is 14.2. The third kappa shape index (κ3) is 2.99. The number of aromatic nitrogens is 1. The Bertz CT molecular complexity index is 858. The van der Waals surface area contributed by atoms with Crippen molar-refractivity contribution in [3.05, 3.63) is 53.6 Å². The van der Waals surface area contributed by atoms with Crippen molar-refractivity contribution >= 4 is 10.9 Å². The predicted molar refractivity (Wildman–Crippen MR) is 92.2 cm³/mol. The number of ether oxygens (including phenoxy) is 1. The molecule has 0 aliphatic carbocycles. The van der Waals surface area contributed by atoms with Crippen LogP contribution in [-0.4, -0.2) is 18.6 Å². The summed E-state index contributed by atoms with van der Waals surface area (Å²) in [5, 5.41) is 0.574. The maximum Gasteiger partial charge on any atom is 0.150 e. The normalized spacial score (nSPS) is 11.2. The average Bonchev–Trinajstić information content (AvgIpc) is 2.94. The van der Waals surface area contributed by atoms with Gasteiger partial charge in [-0.1, -0.05) is 12.1 Å². The number of hydrogen-bond donors (Lipinski definition) is 2. The molecule has 0 amide bonds. The minimum absolute atomic E-state index is 0.319. The van der Waals surface area contributed by atoms with Crippen LogP contribution in [0.2, 0.25) is 0 Å².